The van der Waals surface area contributed by atoms with Crippen molar-refractivity contribution in [1.82, 2.24) is 10.2 Å². The van der Waals surface area contributed by atoms with Crippen molar-refractivity contribution in [2.24, 2.45) is 0 Å². The summed E-state index contributed by atoms with van der Waals surface area (Å²) < 4.78 is 0. The van der Waals surface area contributed by atoms with E-state index in [1.807, 2.05) is 29.2 Å². The first-order chi connectivity index (χ1) is 9.70. The normalized spacial score (nSPS) is 14.7. The Morgan fingerprint density at radius 1 is 1.30 bits per heavy atom. The number of hydrogen-bond acceptors (Lipinski definition) is 2. The third-order valence-corrected chi connectivity index (χ3v) is 4.08. The molecule has 1 fully saturated rings. The van der Waals surface area contributed by atoms with Gasteiger partial charge in [-0.2, -0.15) is 0 Å². The quantitative estimate of drug-likeness (QED) is 0.639. The molecule has 1 aromatic carbocycles. The molecule has 1 saturated heterocycles. The number of nitrogens with one attached hydrogen (secondary N) is 1. The standard InChI is InChI=1S/C15H19BrN2O2/c16-11-12-4-6-13(7-5-12)15(20)17-8-2-10-18-9-1-3-14(18)19/h4-7H,1-3,8-11H2,(H,17,20). The summed E-state index contributed by atoms with van der Waals surface area (Å²) in [5.41, 5.74) is 1.82. The van der Waals surface area contributed by atoms with Gasteiger partial charge in [-0.05, 0) is 30.5 Å². The van der Waals surface area contributed by atoms with Crippen molar-refractivity contribution in [2.45, 2.75) is 24.6 Å². The van der Waals surface area contributed by atoms with E-state index in [1.165, 1.54) is 0 Å². The number of alkyl halides is 1. The highest BCUT2D eigenvalue weighted by Crippen LogP contribution is 2.10. The Kier molecular flexibility index (Phi) is 5.59. The maximum atomic E-state index is 11.9. The molecular formula is C15H19BrN2O2. The van der Waals surface area contributed by atoms with Gasteiger partial charge in [0.25, 0.3) is 5.91 Å². The first-order valence-electron chi connectivity index (χ1n) is 6.91. The zero-order chi connectivity index (χ0) is 14.4. The highest BCUT2D eigenvalue weighted by Gasteiger charge is 2.19. The Balaban J connectivity index is 1.70. The molecule has 0 saturated carbocycles. The minimum atomic E-state index is -0.0566. The van der Waals surface area contributed by atoms with E-state index in [9.17, 15) is 9.59 Å². The van der Waals surface area contributed by atoms with Gasteiger partial charge in [0.15, 0.2) is 0 Å². The highest BCUT2D eigenvalue weighted by molar-refractivity contribution is 9.08. The van der Waals surface area contributed by atoms with Crippen LogP contribution in [0.25, 0.3) is 0 Å². The molecule has 0 radical (unpaired) electrons. The summed E-state index contributed by atoms with van der Waals surface area (Å²) in [7, 11) is 0. The summed E-state index contributed by atoms with van der Waals surface area (Å²) >= 11 is 3.37. The number of rotatable bonds is 6. The molecule has 1 N–H and O–H groups in total. The topological polar surface area (TPSA) is 49.4 Å². The first-order valence-corrected chi connectivity index (χ1v) is 8.04. The van der Waals surface area contributed by atoms with Crippen molar-refractivity contribution in [2.75, 3.05) is 19.6 Å². The van der Waals surface area contributed by atoms with E-state index in [4.69, 9.17) is 0 Å². The molecule has 20 heavy (non-hydrogen) atoms. The lowest BCUT2D eigenvalue weighted by molar-refractivity contribution is -0.127. The average molecular weight is 339 g/mol. The maximum Gasteiger partial charge on any atom is 0.251 e. The van der Waals surface area contributed by atoms with Gasteiger partial charge < -0.3 is 10.2 Å². The predicted octanol–water partition coefficient (Wildman–Crippen LogP) is 2.32. The molecule has 1 aliphatic heterocycles. The van der Waals surface area contributed by atoms with Crippen molar-refractivity contribution in [3.05, 3.63) is 35.4 Å². The average Bonchev–Trinajstić information content (AvgIpc) is 2.89. The van der Waals surface area contributed by atoms with Crippen LogP contribution in [0.1, 0.15) is 35.2 Å². The van der Waals surface area contributed by atoms with Gasteiger partial charge in [-0.1, -0.05) is 28.1 Å². The summed E-state index contributed by atoms with van der Waals surface area (Å²) in [5.74, 6) is 0.181. The zero-order valence-electron chi connectivity index (χ0n) is 11.4. The minimum absolute atomic E-state index is 0.0566. The van der Waals surface area contributed by atoms with Crippen molar-refractivity contribution < 1.29 is 9.59 Å². The van der Waals surface area contributed by atoms with E-state index >= 15 is 0 Å². The van der Waals surface area contributed by atoms with E-state index in [1.54, 1.807) is 0 Å². The van der Waals surface area contributed by atoms with Crippen LogP contribution in [0.2, 0.25) is 0 Å². The SMILES string of the molecule is O=C(NCCCN1CCCC1=O)c1ccc(CBr)cc1. The molecule has 0 aliphatic carbocycles. The number of amides is 2. The second-order valence-corrected chi connectivity index (χ2v) is 5.49. The fourth-order valence-corrected chi connectivity index (χ4v) is 2.63. The van der Waals surface area contributed by atoms with Gasteiger partial charge >= 0.3 is 0 Å². The Morgan fingerprint density at radius 2 is 2.05 bits per heavy atom. The molecule has 2 amide bonds. The molecule has 1 aliphatic rings. The van der Waals surface area contributed by atoms with E-state index < -0.39 is 0 Å². The second-order valence-electron chi connectivity index (χ2n) is 4.92. The smallest absolute Gasteiger partial charge is 0.251 e. The van der Waals surface area contributed by atoms with Gasteiger partial charge in [0, 0.05) is 36.9 Å². The number of hydrogen-bond donors (Lipinski definition) is 1. The number of likely N-dealkylation sites (tertiary alicyclic amines) is 1. The molecule has 1 heterocycles. The van der Waals surface area contributed by atoms with E-state index in [0.717, 1.165) is 36.8 Å². The predicted molar refractivity (Wildman–Crippen MR) is 81.8 cm³/mol. The van der Waals surface area contributed by atoms with Gasteiger partial charge in [-0.15, -0.1) is 0 Å². The van der Waals surface area contributed by atoms with Crippen molar-refractivity contribution >= 4 is 27.7 Å². The maximum absolute atomic E-state index is 11.9. The number of halogens is 1. The Labute approximate surface area is 127 Å². The molecule has 2 rings (SSSR count). The molecule has 0 unspecified atom stereocenters. The monoisotopic (exact) mass is 338 g/mol. The fraction of sp³-hybridized carbons (Fsp3) is 0.467. The lowest BCUT2D eigenvalue weighted by Crippen LogP contribution is -2.30. The second kappa shape index (κ2) is 7.43. The molecular weight excluding hydrogens is 320 g/mol. The van der Waals surface area contributed by atoms with Gasteiger partial charge in [0.1, 0.15) is 0 Å². The summed E-state index contributed by atoms with van der Waals surface area (Å²) in [6.07, 6.45) is 2.44. The van der Waals surface area contributed by atoms with Crippen LogP contribution in [0.5, 0.6) is 0 Å². The zero-order valence-corrected chi connectivity index (χ0v) is 13.0. The molecule has 0 atom stereocenters. The molecule has 1 aromatic rings. The van der Waals surface area contributed by atoms with E-state index in [-0.39, 0.29) is 11.8 Å². The van der Waals surface area contributed by atoms with Crippen LogP contribution in [0.4, 0.5) is 0 Å². The highest BCUT2D eigenvalue weighted by atomic mass is 79.9. The van der Waals surface area contributed by atoms with Gasteiger partial charge in [-0.25, -0.2) is 0 Å². The molecule has 4 nitrogen and oxygen atoms in total. The summed E-state index contributed by atoms with van der Waals surface area (Å²) in [4.78, 5) is 25.2. The number of carbonyl (C=O) groups is 2. The Morgan fingerprint density at radius 3 is 2.65 bits per heavy atom. The van der Waals surface area contributed by atoms with Gasteiger partial charge in [0.05, 0.1) is 0 Å². The van der Waals surface area contributed by atoms with Crippen molar-refractivity contribution in [1.29, 1.82) is 0 Å². The summed E-state index contributed by atoms with van der Waals surface area (Å²) in [5, 5.41) is 3.68. The van der Waals surface area contributed by atoms with Gasteiger partial charge in [-0.3, -0.25) is 9.59 Å². The molecule has 0 bridgehead atoms. The molecule has 5 heteroatoms. The summed E-state index contributed by atoms with van der Waals surface area (Å²) in [6.45, 7) is 2.20. The van der Waals surface area contributed by atoms with Gasteiger partial charge in [0.2, 0.25) is 5.91 Å². The third kappa shape index (κ3) is 4.07. The number of carbonyl (C=O) groups excluding carboxylic acids is 2. The minimum Gasteiger partial charge on any atom is -0.352 e. The molecule has 108 valence electrons. The first kappa shape index (κ1) is 15.0. The lowest BCUT2D eigenvalue weighted by atomic mass is 10.1. The molecule has 0 aromatic heterocycles. The van der Waals surface area contributed by atoms with E-state index in [0.29, 0.717) is 18.5 Å². The van der Waals surface area contributed by atoms with Crippen molar-refractivity contribution in [3.8, 4) is 0 Å². The third-order valence-electron chi connectivity index (χ3n) is 3.43. The van der Waals surface area contributed by atoms with Crippen LogP contribution in [-0.4, -0.2) is 36.3 Å². The van der Waals surface area contributed by atoms with Crippen molar-refractivity contribution in [3.63, 3.8) is 0 Å². The van der Waals surface area contributed by atoms with Crippen LogP contribution in [0.3, 0.4) is 0 Å². The fourth-order valence-electron chi connectivity index (χ4n) is 2.26. The number of nitrogens with zero attached hydrogens (tertiary/aromatic N) is 1. The van der Waals surface area contributed by atoms with Crippen LogP contribution >= 0.6 is 15.9 Å². The van der Waals surface area contributed by atoms with Crippen LogP contribution in [0, 0.1) is 0 Å². The number of benzene rings is 1. The largest absolute Gasteiger partial charge is 0.352 e. The van der Waals surface area contributed by atoms with E-state index in [2.05, 4.69) is 21.2 Å². The molecule has 0 spiro atoms. The lowest BCUT2D eigenvalue weighted by Gasteiger charge is -2.15. The Hall–Kier alpha value is -1.36. The van der Waals surface area contributed by atoms with Crippen LogP contribution in [0.15, 0.2) is 24.3 Å². The summed E-state index contributed by atoms with van der Waals surface area (Å²) in [6, 6.07) is 7.53. The van der Waals surface area contributed by atoms with Crippen LogP contribution in [-0.2, 0) is 10.1 Å². The Bertz CT molecular complexity index is 473. The van der Waals surface area contributed by atoms with Crippen LogP contribution < -0.4 is 5.32 Å².